The van der Waals surface area contributed by atoms with Crippen LogP contribution in [0.25, 0.3) is 0 Å². The van der Waals surface area contributed by atoms with Crippen LogP contribution < -0.4 is 15.8 Å². The van der Waals surface area contributed by atoms with Gasteiger partial charge in [-0.15, -0.1) is 0 Å². The van der Waals surface area contributed by atoms with Crippen molar-refractivity contribution in [3.05, 3.63) is 17.7 Å². The molecule has 1 aromatic rings. The van der Waals surface area contributed by atoms with Crippen LogP contribution in [0, 0.1) is 5.41 Å². The summed E-state index contributed by atoms with van der Waals surface area (Å²) in [5.41, 5.74) is 8.23. The van der Waals surface area contributed by atoms with Crippen LogP contribution in [0.15, 0.2) is 12.1 Å². The van der Waals surface area contributed by atoms with E-state index in [4.69, 9.17) is 15.2 Å². The van der Waals surface area contributed by atoms with E-state index in [9.17, 15) is 4.79 Å². The van der Waals surface area contributed by atoms with Crippen LogP contribution in [0.1, 0.15) is 63.7 Å². The van der Waals surface area contributed by atoms with Gasteiger partial charge in [0, 0.05) is 12.1 Å². The minimum absolute atomic E-state index is 0.0431. The highest BCUT2D eigenvalue weighted by Crippen LogP contribution is 2.38. The van der Waals surface area contributed by atoms with E-state index in [2.05, 4.69) is 19.2 Å². The first-order valence-electron chi connectivity index (χ1n) is 8.67. The second kappa shape index (κ2) is 7.32. The summed E-state index contributed by atoms with van der Waals surface area (Å²) in [6, 6.07) is 3.84. The Labute approximate surface area is 144 Å². The number of carbonyl (C=O) groups is 1. The van der Waals surface area contributed by atoms with Gasteiger partial charge in [0.05, 0.1) is 24.6 Å². The molecular weight excluding hydrogens is 304 g/mol. The predicted molar refractivity (Wildman–Crippen MR) is 97.6 cm³/mol. The molecule has 1 fully saturated rings. The van der Waals surface area contributed by atoms with Crippen molar-refractivity contribution < 1.29 is 14.3 Å². The van der Waals surface area contributed by atoms with Gasteiger partial charge in [0.15, 0.2) is 0 Å². The predicted octanol–water partition coefficient (Wildman–Crippen LogP) is 4.22. The first-order valence-corrected chi connectivity index (χ1v) is 8.67. The van der Waals surface area contributed by atoms with Crippen molar-refractivity contribution in [1.82, 2.24) is 0 Å². The van der Waals surface area contributed by atoms with Crippen LogP contribution in [0.3, 0.4) is 0 Å². The highest BCUT2D eigenvalue weighted by Gasteiger charge is 2.28. The average Bonchev–Trinajstić information content (AvgIpc) is 2.48. The molecule has 1 saturated carbocycles. The van der Waals surface area contributed by atoms with E-state index < -0.39 is 5.97 Å². The number of esters is 1. The highest BCUT2D eigenvalue weighted by atomic mass is 16.5. The third-order valence-electron chi connectivity index (χ3n) is 4.48. The largest absolute Gasteiger partial charge is 0.490 e. The van der Waals surface area contributed by atoms with Crippen LogP contribution in [-0.4, -0.2) is 25.2 Å². The van der Waals surface area contributed by atoms with E-state index in [1.807, 2.05) is 19.9 Å². The fourth-order valence-electron chi connectivity index (χ4n) is 3.38. The molecule has 0 aliphatic heterocycles. The van der Waals surface area contributed by atoms with Gasteiger partial charge in [0.2, 0.25) is 0 Å². The lowest BCUT2D eigenvalue weighted by Gasteiger charge is -2.36. The van der Waals surface area contributed by atoms with E-state index in [-0.39, 0.29) is 6.10 Å². The summed E-state index contributed by atoms with van der Waals surface area (Å²) in [6.45, 7) is 8.46. The quantitative estimate of drug-likeness (QED) is 0.623. The molecule has 2 rings (SSSR count). The lowest BCUT2D eigenvalue weighted by Crippen LogP contribution is -2.32. The molecule has 0 saturated heterocycles. The SMILES string of the molecule is COC(=O)c1cc(N)c(NC2CCCC(C)(C)C2)cc1OC(C)C. The van der Waals surface area contributed by atoms with Crippen LogP contribution >= 0.6 is 0 Å². The summed E-state index contributed by atoms with van der Waals surface area (Å²) in [5, 5.41) is 3.55. The topological polar surface area (TPSA) is 73.6 Å². The van der Waals surface area contributed by atoms with E-state index in [1.165, 1.54) is 20.0 Å². The average molecular weight is 334 g/mol. The molecule has 0 spiro atoms. The van der Waals surface area contributed by atoms with Crippen LogP contribution in [0.2, 0.25) is 0 Å². The number of nitrogens with two attached hydrogens (primary N) is 1. The third kappa shape index (κ3) is 4.56. The Morgan fingerprint density at radius 3 is 2.67 bits per heavy atom. The Bertz CT molecular complexity index is 597. The van der Waals surface area contributed by atoms with Gasteiger partial charge in [-0.1, -0.05) is 20.3 Å². The van der Waals surface area contributed by atoms with E-state index in [0.717, 1.165) is 18.5 Å². The number of carbonyl (C=O) groups excluding carboxylic acids is 1. The number of rotatable bonds is 5. The highest BCUT2D eigenvalue weighted by molar-refractivity contribution is 5.95. The Morgan fingerprint density at radius 1 is 1.38 bits per heavy atom. The molecule has 1 atom stereocenters. The molecule has 134 valence electrons. The Hall–Kier alpha value is -1.91. The van der Waals surface area contributed by atoms with Crippen molar-refractivity contribution in [2.45, 2.75) is 65.5 Å². The van der Waals surface area contributed by atoms with Gasteiger partial charge in [0.1, 0.15) is 11.3 Å². The first-order chi connectivity index (χ1) is 11.2. The molecule has 1 unspecified atom stereocenters. The van der Waals surface area contributed by atoms with Gasteiger partial charge in [-0.3, -0.25) is 0 Å². The molecule has 5 heteroatoms. The van der Waals surface area contributed by atoms with Gasteiger partial charge in [-0.25, -0.2) is 4.79 Å². The second-order valence-electron chi connectivity index (χ2n) is 7.70. The van der Waals surface area contributed by atoms with Crippen molar-refractivity contribution in [2.24, 2.45) is 5.41 Å². The Balaban J connectivity index is 2.28. The smallest absolute Gasteiger partial charge is 0.341 e. The number of nitrogens with one attached hydrogen (secondary N) is 1. The maximum Gasteiger partial charge on any atom is 0.341 e. The second-order valence-corrected chi connectivity index (χ2v) is 7.70. The number of benzene rings is 1. The summed E-state index contributed by atoms with van der Waals surface area (Å²) in [6.07, 6.45) is 4.65. The number of nitrogen functional groups attached to an aromatic ring is 1. The molecule has 1 aliphatic carbocycles. The summed E-state index contributed by atoms with van der Waals surface area (Å²) in [5.74, 6) is 0.0614. The standard InChI is InChI=1S/C19H30N2O3/c1-12(2)24-17-10-16(15(20)9-14(17)18(22)23-5)21-13-7-6-8-19(3,4)11-13/h9-10,12-13,21H,6-8,11,20H2,1-5H3. The zero-order valence-electron chi connectivity index (χ0n) is 15.4. The molecule has 1 aromatic carbocycles. The third-order valence-corrected chi connectivity index (χ3v) is 4.48. The molecule has 0 aromatic heterocycles. The lowest BCUT2D eigenvalue weighted by molar-refractivity contribution is 0.0594. The summed E-state index contributed by atoms with van der Waals surface area (Å²) < 4.78 is 10.6. The molecule has 0 bridgehead atoms. The minimum Gasteiger partial charge on any atom is -0.490 e. The molecule has 0 heterocycles. The monoisotopic (exact) mass is 334 g/mol. The van der Waals surface area contributed by atoms with Gasteiger partial charge in [0.25, 0.3) is 0 Å². The molecule has 24 heavy (non-hydrogen) atoms. The summed E-state index contributed by atoms with van der Waals surface area (Å²) in [4.78, 5) is 12.0. The van der Waals surface area contributed by atoms with Crippen molar-refractivity contribution >= 4 is 17.3 Å². The summed E-state index contributed by atoms with van der Waals surface area (Å²) >= 11 is 0. The molecule has 0 amide bonds. The van der Waals surface area contributed by atoms with Gasteiger partial charge in [-0.2, -0.15) is 0 Å². The molecule has 3 N–H and O–H groups in total. The molecule has 1 aliphatic rings. The van der Waals surface area contributed by atoms with Gasteiger partial charge < -0.3 is 20.5 Å². The van der Waals surface area contributed by atoms with Crippen molar-refractivity contribution in [3.8, 4) is 5.75 Å². The Morgan fingerprint density at radius 2 is 2.08 bits per heavy atom. The van der Waals surface area contributed by atoms with Crippen LogP contribution in [-0.2, 0) is 4.74 Å². The van der Waals surface area contributed by atoms with E-state index >= 15 is 0 Å². The fourth-order valence-corrected chi connectivity index (χ4v) is 3.38. The molecule has 0 radical (unpaired) electrons. The maximum atomic E-state index is 12.0. The number of methoxy groups -OCH3 is 1. The zero-order chi connectivity index (χ0) is 17.9. The van der Waals surface area contributed by atoms with E-state index in [0.29, 0.717) is 28.5 Å². The Kier molecular flexibility index (Phi) is 5.62. The van der Waals surface area contributed by atoms with E-state index in [1.54, 1.807) is 6.07 Å². The molecule has 5 nitrogen and oxygen atoms in total. The van der Waals surface area contributed by atoms with Crippen LogP contribution in [0.4, 0.5) is 11.4 Å². The number of ether oxygens (including phenoxy) is 2. The summed E-state index contributed by atoms with van der Waals surface area (Å²) in [7, 11) is 1.36. The van der Waals surface area contributed by atoms with Gasteiger partial charge in [-0.05, 0) is 44.6 Å². The number of anilines is 2. The lowest BCUT2D eigenvalue weighted by atomic mass is 9.75. The fraction of sp³-hybridized carbons (Fsp3) is 0.632. The van der Waals surface area contributed by atoms with Crippen molar-refractivity contribution in [1.29, 1.82) is 0 Å². The maximum absolute atomic E-state index is 12.0. The number of hydrogen-bond donors (Lipinski definition) is 2. The van der Waals surface area contributed by atoms with Crippen LogP contribution in [0.5, 0.6) is 5.75 Å². The zero-order valence-corrected chi connectivity index (χ0v) is 15.4. The molecular formula is C19H30N2O3. The van der Waals surface area contributed by atoms with Crippen molar-refractivity contribution in [2.75, 3.05) is 18.2 Å². The first kappa shape index (κ1) is 18.4. The number of hydrogen-bond acceptors (Lipinski definition) is 5. The normalized spacial score (nSPS) is 19.8. The van der Waals surface area contributed by atoms with Gasteiger partial charge >= 0.3 is 5.97 Å². The minimum atomic E-state index is -0.442. The van der Waals surface area contributed by atoms with Crippen molar-refractivity contribution in [3.63, 3.8) is 0 Å².